The van der Waals surface area contributed by atoms with E-state index in [1.807, 2.05) is 34.7 Å². The number of ether oxygens (including phenoxy) is 3. The van der Waals surface area contributed by atoms with Crippen LogP contribution in [0.15, 0.2) is 48.8 Å². The van der Waals surface area contributed by atoms with E-state index in [0.29, 0.717) is 32.0 Å². The van der Waals surface area contributed by atoms with E-state index in [2.05, 4.69) is 11.1 Å². The molecule has 2 unspecified atom stereocenters. The van der Waals surface area contributed by atoms with Crippen molar-refractivity contribution < 1.29 is 19.3 Å². The summed E-state index contributed by atoms with van der Waals surface area (Å²) in [6, 6.07) is 13.4. The molecule has 1 saturated heterocycles. The Balaban J connectivity index is 1.38. The van der Waals surface area contributed by atoms with Crippen LogP contribution in [-0.4, -0.2) is 53.1 Å². The Morgan fingerprint density at radius 1 is 1.19 bits per heavy atom. The van der Waals surface area contributed by atoms with E-state index in [-0.39, 0.29) is 6.10 Å². The average Bonchev–Trinajstić information content (AvgIpc) is 3.31. The highest BCUT2D eigenvalue weighted by Crippen LogP contribution is 2.24. The number of nitrogens with zero attached hydrogens (tertiary/aromatic N) is 3. The third-order valence-electron chi connectivity index (χ3n) is 4.47. The molecule has 1 aliphatic rings. The number of benzene rings is 1. The van der Waals surface area contributed by atoms with Gasteiger partial charge in [0.15, 0.2) is 0 Å². The van der Waals surface area contributed by atoms with E-state index in [4.69, 9.17) is 19.5 Å². The normalized spacial score (nSPS) is 19.3. The van der Waals surface area contributed by atoms with Gasteiger partial charge >= 0.3 is 0 Å². The van der Waals surface area contributed by atoms with Crippen LogP contribution in [0.1, 0.15) is 5.56 Å². The molecule has 1 fully saturated rings. The molecule has 7 heteroatoms. The van der Waals surface area contributed by atoms with Crippen molar-refractivity contribution in [1.29, 1.82) is 5.26 Å². The van der Waals surface area contributed by atoms with Crippen LogP contribution in [0.25, 0.3) is 16.9 Å². The van der Waals surface area contributed by atoms with Gasteiger partial charge in [0, 0.05) is 11.8 Å². The molecule has 1 aliphatic heterocycles. The lowest BCUT2D eigenvalue weighted by atomic mass is 10.1. The van der Waals surface area contributed by atoms with Gasteiger partial charge in [-0.05, 0) is 36.4 Å². The zero-order valence-corrected chi connectivity index (χ0v) is 14.6. The Labute approximate surface area is 156 Å². The molecule has 0 aliphatic carbocycles. The van der Waals surface area contributed by atoms with Gasteiger partial charge in [0.1, 0.15) is 36.3 Å². The highest BCUT2D eigenvalue weighted by atomic mass is 16.6. The summed E-state index contributed by atoms with van der Waals surface area (Å²) in [5.74, 6) is 0.733. The Morgan fingerprint density at radius 3 is 2.78 bits per heavy atom. The minimum Gasteiger partial charge on any atom is -0.491 e. The third-order valence-corrected chi connectivity index (χ3v) is 4.47. The van der Waals surface area contributed by atoms with Crippen molar-refractivity contribution in [1.82, 2.24) is 9.38 Å². The highest BCUT2D eigenvalue weighted by Gasteiger charge is 2.26. The molecule has 3 aromatic rings. The molecule has 0 spiro atoms. The summed E-state index contributed by atoms with van der Waals surface area (Å²) >= 11 is 0. The summed E-state index contributed by atoms with van der Waals surface area (Å²) in [5, 5.41) is 18.7. The molecule has 4 rings (SSSR count). The molecular weight excluding hydrogens is 346 g/mol. The van der Waals surface area contributed by atoms with Crippen LogP contribution in [0, 0.1) is 11.3 Å². The Bertz CT molecular complexity index is 962. The Kier molecular flexibility index (Phi) is 5.03. The maximum absolute atomic E-state index is 9.62. The molecule has 1 N–H and O–H groups in total. The van der Waals surface area contributed by atoms with Gasteiger partial charge in [-0.3, -0.25) is 4.40 Å². The lowest BCUT2D eigenvalue weighted by Crippen LogP contribution is -2.28. The number of aliphatic hydroxyl groups is 1. The summed E-state index contributed by atoms with van der Waals surface area (Å²) in [4.78, 5) is 4.37. The fourth-order valence-corrected chi connectivity index (χ4v) is 3.02. The number of imidazole rings is 1. The summed E-state index contributed by atoms with van der Waals surface area (Å²) in [6.07, 6.45) is 2.73. The largest absolute Gasteiger partial charge is 0.491 e. The summed E-state index contributed by atoms with van der Waals surface area (Å²) in [6.45, 7) is 1.52. The monoisotopic (exact) mass is 365 g/mol. The number of nitriles is 1. The zero-order valence-electron chi connectivity index (χ0n) is 14.6. The molecule has 0 bridgehead atoms. The second-order valence-corrected chi connectivity index (χ2v) is 6.29. The van der Waals surface area contributed by atoms with Gasteiger partial charge in [0.2, 0.25) is 0 Å². The van der Waals surface area contributed by atoms with E-state index in [1.165, 1.54) is 0 Å². The number of pyridine rings is 1. The van der Waals surface area contributed by atoms with Gasteiger partial charge in [-0.2, -0.15) is 5.26 Å². The predicted molar refractivity (Wildman–Crippen MR) is 97.4 cm³/mol. The zero-order chi connectivity index (χ0) is 18.6. The second kappa shape index (κ2) is 7.76. The summed E-state index contributed by atoms with van der Waals surface area (Å²) in [7, 11) is 0. The minimum atomic E-state index is -0.559. The minimum absolute atomic E-state index is 0.274. The lowest BCUT2D eigenvalue weighted by molar-refractivity contribution is -0.0196. The fraction of sp³-hybridized carbons (Fsp3) is 0.300. The summed E-state index contributed by atoms with van der Waals surface area (Å²) in [5.41, 5.74) is 3.26. The first kappa shape index (κ1) is 17.5. The maximum Gasteiger partial charge on any atom is 0.137 e. The number of hydrogen-bond donors (Lipinski definition) is 1. The van der Waals surface area contributed by atoms with Crippen LogP contribution in [0.3, 0.4) is 0 Å². The van der Waals surface area contributed by atoms with Crippen LogP contribution in [0.4, 0.5) is 0 Å². The first-order chi connectivity index (χ1) is 13.2. The molecule has 1 aromatic carbocycles. The third kappa shape index (κ3) is 3.78. The highest BCUT2D eigenvalue weighted by molar-refractivity contribution is 5.64. The van der Waals surface area contributed by atoms with E-state index >= 15 is 0 Å². The van der Waals surface area contributed by atoms with Crippen molar-refractivity contribution in [3.8, 4) is 23.1 Å². The van der Waals surface area contributed by atoms with Crippen LogP contribution < -0.4 is 4.74 Å². The van der Waals surface area contributed by atoms with Crippen LogP contribution >= 0.6 is 0 Å². The summed E-state index contributed by atoms with van der Waals surface area (Å²) < 4.78 is 18.3. The molecular formula is C20H19N3O4. The van der Waals surface area contributed by atoms with E-state index in [0.717, 1.165) is 22.7 Å². The van der Waals surface area contributed by atoms with Gasteiger partial charge in [0.05, 0.1) is 37.3 Å². The van der Waals surface area contributed by atoms with Crippen LogP contribution in [0.2, 0.25) is 0 Å². The number of aliphatic hydroxyl groups excluding tert-OH is 1. The quantitative estimate of drug-likeness (QED) is 0.673. The number of aromatic nitrogens is 2. The second-order valence-electron chi connectivity index (χ2n) is 6.29. The van der Waals surface area contributed by atoms with Gasteiger partial charge in [0.25, 0.3) is 0 Å². The first-order valence-electron chi connectivity index (χ1n) is 8.72. The predicted octanol–water partition coefficient (Wildman–Crippen LogP) is 2.03. The SMILES string of the molecule is N#Cc1ccc2ncc(-c3ccc(OCCOC4COCC4O)cc3)n2c1. The lowest BCUT2D eigenvalue weighted by Gasteiger charge is -2.14. The average molecular weight is 365 g/mol. The number of hydrogen-bond acceptors (Lipinski definition) is 6. The molecule has 0 saturated carbocycles. The van der Waals surface area contributed by atoms with Gasteiger partial charge in [-0.1, -0.05) is 0 Å². The molecule has 2 aromatic heterocycles. The number of fused-ring (bicyclic) bond motifs is 1. The van der Waals surface area contributed by atoms with Gasteiger partial charge < -0.3 is 19.3 Å². The maximum atomic E-state index is 9.62. The van der Waals surface area contributed by atoms with E-state index < -0.39 is 6.10 Å². The fourth-order valence-electron chi connectivity index (χ4n) is 3.02. The number of rotatable bonds is 6. The molecule has 27 heavy (non-hydrogen) atoms. The smallest absolute Gasteiger partial charge is 0.137 e. The van der Waals surface area contributed by atoms with E-state index in [9.17, 15) is 5.11 Å². The first-order valence-corrected chi connectivity index (χ1v) is 8.72. The molecule has 0 radical (unpaired) electrons. The van der Waals surface area contributed by atoms with Crippen molar-refractivity contribution in [2.24, 2.45) is 0 Å². The topological polar surface area (TPSA) is 89.0 Å². The van der Waals surface area contributed by atoms with E-state index in [1.54, 1.807) is 18.5 Å². The molecule has 138 valence electrons. The Morgan fingerprint density at radius 2 is 2.04 bits per heavy atom. The van der Waals surface area contributed by atoms with Crippen LogP contribution in [0.5, 0.6) is 5.75 Å². The standard InChI is InChI=1S/C20H19N3O4/c21-9-14-1-6-20-22-10-17(23(20)11-14)15-2-4-16(5-3-15)26-7-8-27-19-13-25-12-18(19)24/h1-6,10-11,18-19,24H,7-8,12-13H2. The molecule has 7 nitrogen and oxygen atoms in total. The van der Waals surface area contributed by atoms with Crippen molar-refractivity contribution in [3.05, 3.63) is 54.4 Å². The van der Waals surface area contributed by atoms with Crippen molar-refractivity contribution in [2.45, 2.75) is 12.2 Å². The van der Waals surface area contributed by atoms with Crippen molar-refractivity contribution in [2.75, 3.05) is 26.4 Å². The van der Waals surface area contributed by atoms with Gasteiger partial charge in [-0.25, -0.2) is 4.98 Å². The molecule has 0 amide bonds. The molecule has 3 heterocycles. The molecule has 2 atom stereocenters. The van der Waals surface area contributed by atoms with Crippen LogP contribution in [-0.2, 0) is 9.47 Å². The Hall–Kier alpha value is -2.92. The van der Waals surface area contributed by atoms with Gasteiger partial charge in [-0.15, -0.1) is 0 Å². The van der Waals surface area contributed by atoms with Crippen molar-refractivity contribution >= 4 is 5.65 Å². The van der Waals surface area contributed by atoms with Crippen molar-refractivity contribution in [3.63, 3.8) is 0 Å².